The first-order valence-electron chi connectivity index (χ1n) is 8.01. The van der Waals surface area contributed by atoms with Crippen LogP contribution >= 0.6 is 11.3 Å². The number of ether oxygens (including phenoxy) is 1. The number of hydrogen-bond acceptors (Lipinski definition) is 3. The number of nitrogens with zero attached hydrogens (tertiary/aromatic N) is 1. The van der Waals surface area contributed by atoms with Crippen molar-refractivity contribution < 1.29 is 9.53 Å². The average molecular weight is 348 g/mol. The Morgan fingerprint density at radius 3 is 2.39 bits per heavy atom. The minimum Gasteiger partial charge on any atom is -0.410 e. The van der Waals surface area contributed by atoms with Crippen LogP contribution in [0.2, 0.25) is 19.6 Å². The Morgan fingerprint density at radius 1 is 1.17 bits per heavy atom. The van der Waals surface area contributed by atoms with Crippen LogP contribution in [0.4, 0.5) is 4.79 Å². The van der Waals surface area contributed by atoms with Gasteiger partial charge in [-0.25, -0.2) is 4.79 Å². The lowest BCUT2D eigenvalue weighted by molar-refractivity contribution is 0.158. The molecule has 1 aromatic carbocycles. The molecule has 124 valence electrons. The Bertz CT molecular complexity index is 658. The minimum absolute atomic E-state index is 0.267. The fraction of sp³-hybridized carbons (Fsp3) is 0.389. The van der Waals surface area contributed by atoms with Crippen LogP contribution in [0, 0.1) is 0 Å². The summed E-state index contributed by atoms with van der Waals surface area (Å²) in [5.41, 5.74) is 2.11. The van der Waals surface area contributed by atoms with Crippen LogP contribution in [0.25, 0.3) is 11.1 Å². The van der Waals surface area contributed by atoms with E-state index >= 15 is 0 Å². The highest BCUT2D eigenvalue weighted by atomic mass is 32.1. The van der Waals surface area contributed by atoms with Crippen molar-refractivity contribution in [3.8, 4) is 16.9 Å². The maximum absolute atomic E-state index is 12.5. The quantitative estimate of drug-likeness (QED) is 0.727. The zero-order valence-electron chi connectivity index (χ0n) is 14.6. The van der Waals surface area contributed by atoms with Crippen LogP contribution < -0.4 is 9.92 Å². The number of para-hydroxylation sites is 1. The van der Waals surface area contributed by atoms with Gasteiger partial charge in [0.25, 0.3) is 0 Å². The molecule has 0 atom stereocenters. The standard InChI is InChI=1S/C18H25NO2SSi/c1-6-19(7-2)18(20)21-17-15(14-11-12-22-13-14)9-8-10-16(17)23(3,4)5/h8-13H,6-7H2,1-5H3. The van der Waals surface area contributed by atoms with Gasteiger partial charge in [0.2, 0.25) is 0 Å². The number of carbonyl (C=O) groups excluding carboxylic acids is 1. The van der Waals surface area contributed by atoms with E-state index in [1.165, 1.54) is 5.19 Å². The molecular weight excluding hydrogens is 322 g/mol. The van der Waals surface area contributed by atoms with Gasteiger partial charge in [-0.15, -0.1) is 0 Å². The van der Waals surface area contributed by atoms with Crippen molar-refractivity contribution >= 4 is 30.7 Å². The predicted molar refractivity (Wildman–Crippen MR) is 102 cm³/mol. The lowest BCUT2D eigenvalue weighted by Crippen LogP contribution is -2.41. The topological polar surface area (TPSA) is 29.5 Å². The number of rotatable bonds is 5. The highest BCUT2D eigenvalue weighted by Gasteiger charge is 2.26. The largest absolute Gasteiger partial charge is 0.415 e. The predicted octanol–water partition coefficient (Wildman–Crippen LogP) is 4.80. The van der Waals surface area contributed by atoms with Crippen molar-refractivity contribution in [1.29, 1.82) is 0 Å². The molecule has 0 spiro atoms. The smallest absolute Gasteiger partial charge is 0.410 e. The summed E-state index contributed by atoms with van der Waals surface area (Å²) in [5, 5.41) is 5.33. The molecule has 0 unspecified atom stereocenters. The molecule has 1 amide bonds. The summed E-state index contributed by atoms with van der Waals surface area (Å²) in [6, 6.07) is 8.28. The molecule has 0 saturated heterocycles. The van der Waals surface area contributed by atoms with E-state index in [2.05, 4.69) is 43.2 Å². The van der Waals surface area contributed by atoms with Gasteiger partial charge in [0.15, 0.2) is 0 Å². The molecule has 1 heterocycles. The van der Waals surface area contributed by atoms with Gasteiger partial charge < -0.3 is 9.64 Å². The molecule has 1 aromatic heterocycles. The van der Waals surface area contributed by atoms with Gasteiger partial charge in [-0.1, -0.05) is 37.8 Å². The van der Waals surface area contributed by atoms with E-state index in [0.717, 1.165) is 16.9 Å². The van der Waals surface area contributed by atoms with E-state index in [0.29, 0.717) is 13.1 Å². The molecule has 0 saturated carbocycles. The second-order valence-electron chi connectivity index (χ2n) is 6.48. The first-order chi connectivity index (χ1) is 10.9. The molecule has 0 aliphatic heterocycles. The van der Waals surface area contributed by atoms with E-state index in [1.807, 2.05) is 25.3 Å². The Balaban J connectivity index is 2.52. The Labute approximate surface area is 143 Å². The van der Waals surface area contributed by atoms with Crippen molar-refractivity contribution in [3.05, 3.63) is 35.0 Å². The number of benzene rings is 1. The summed E-state index contributed by atoms with van der Waals surface area (Å²) in [4.78, 5) is 14.2. The molecule has 0 N–H and O–H groups in total. The molecule has 2 rings (SSSR count). The highest BCUT2D eigenvalue weighted by molar-refractivity contribution is 7.08. The van der Waals surface area contributed by atoms with Crippen molar-refractivity contribution in [3.63, 3.8) is 0 Å². The summed E-state index contributed by atoms with van der Waals surface area (Å²) in [7, 11) is -1.64. The van der Waals surface area contributed by atoms with Crippen molar-refractivity contribution in [2.24, 2.45) is 0 Å². The van der Waals surface area contributed by atoms with Gasteiger partial charge in [-0.05, 0) is 41.4 Å². The van der Waals surface area contributed by atoms with Crippen LogP contribution in [0.15, 0.2) is 35.0 Å². The number of amides is 1. The van der Waals surface area contributed by atoms with E-state index < -0.39 is 8.07 Å². The van der Waals surface area contributed by atoms with Crippen molar-refractivity contribution in [2.45, 2.75) is 33.5 Å². The molecule has 0 radical (unpaired) electrons. The lowest BCUT2D eigenvalue weighted by atomic mass is 10.1. The molecule has 3 nitrogen and oxygen atoms in total. The summed E-state index contributed by atoms with van der Waals surface area (Å²) < 4.78 is 5.90. The second-order valence-corrected chi connectivity index (χ2v) is 12.3. The zero-order chi connectivity index (χ0) is 17.0. The summed E-state index contributed by atoms with van der Waals surface area (Å²) in [6.45, 7) is 12.1. The van der Waals surface area contributed by atoms with Crippen LogP contribution in [-0.2, 0) is 0 Å². The average Bonchev–Trinajstić information content (AvgIpc) is 3.01. The minimum atomic E-state index is -1.64. The fourth-order valence-electron chi connectivity index (χ4n) is 2.52. The van der Waals surface area contributed by atoms with Gasteiger partial charge in [0, 0.05) is 18.7 Å². The van der Waals surface area contributed by atoms with Gasteiger partial charge in [-0.2, -0.15) is 11.3 Å². The molecule has 5 heteroatoms. The first kappa shape index (κ1) is 17.8. The third kappa shape index (κ3) is 4.03. The second kappa shape index (κ2) is 7.32. The van der Waals surface area contributed by atoms with Crippen LogP contribution in [0.1, 0.15) is 13.8 Å². The van der Waals surface area contributed by atoms with Gasteiger partial charge in [0.05, 0.1) is 8.07 Å². The number of hydrogen-bond donors (Lipinski definition) is 0. The Hall–Kier alpha value is -1.59. The molecular formula is C18H25NO2SSi. The molecule has 0 bridgehead atoms. The van der Waals surface area contributed by atoms with E-state index in [1.54, 1.807) is 16.2 Å². The van der Waals surface area contributed by atoms with E-state index in [9.17, 15) is 4.79 Å². The number of carbonyl (C=O) groups is 1. The van der Waals surface area contributed by atoms with Crippen LogP contribution in [-0.4, -0.2) is 32.2 Å². The van der Waals surface area contributed by atoms with E-state index in [4.69, 9.17) is 4.74 Å². The van der Waals surface area contributed by atoms with Crippen LogP contribution in [0.3, 0.4) is 0 Å². The molecule has 0 aliphatic rings. The van der Waals surface area contributed by atoms with Crippen molar-refractivity contribution in [1.82, 2.24) is 4.90 Å². The summed E-state index contributed by atoms with van der Waals surface area (Å²) in [6.07, 6.45) is -0.267. The monoisotopic (exact) mass is 347 g/mol. The summed E-state index contributed by atoms with van der Waals surface area (Å²) in [5.74, 6) is 0.738. The van der Waals surface area contributed by atoms with Crippen LogP contribution in [0.5, 0.6) is 5.75 Å². The molecule has 0 aliphatic carbocycles. The molecule has 2 aromatic rings. The third-order valence-electron chi connectivity index (χ3n) is 3.87. The third-order valence-corrected chi connectivity index (χ3v) is 6.56. The van der Waals surface area contributed by atoms with Gasteiger partial charge >= 0.3 is 6.09 Å². The molecule has 0 fully saturated rings. The van der Waals surface area contributed by atoms with Gasteiger partial charge in [0.1, 0.15) is 5.75 Å². The maximum Gasteiger partial charge on any atom is 0.415 e. The maximum atomic E-state index is 12.5. The Kier molecular flexibility index (Phi) is 5.65. The first-order valence-corrected chi connectivity index (χ1v) is 12.5. The lowest BCUT2D eigenvalue weighted by Gasteiger charge is -2.25. The molecule has 23 heavy (non-hydrogen) atoms. The van der Waals surface area contributed by atoms with Crippen molar-refractivity contribution in [2.75, 3.05) is 13.1 Å². The van der Waals surface area contributed by atoms with E-state index in [-0.39, 0.29) is 6.09 Å². The fourth-order valence-corrected chi connectivity index (χ4v) is 4.64. The number of thiophene rings is 1. The SMILES string of the molecule is CCN(CC)C(=O)Oc1c(-c2ccsc2)cccc1[Si](C)(C)C. The summed E-state index contributed by atoms with van der Waals surface area (Å²) >= 11 is 1.65. The normalized spacial score (nSPS) is 11.3. The Morgan fingerprint density at radius 2 is 1.87 bits per heavy atom. The zero-order valence-corrected chi connectivity index (χ0v) is 16.4. The highest BCUT2D eigenvalue weighted by Crippen LogP contribution is 2.32. The van der Waals surface area contributed by atoms with Gasteiger partial charge in [-0.3, -0.25) is 0 Å².